The van der Waals surface area contributed by atoms with Gasteiger partial charge in [0.15, 0.2) is 0 Å². The van der Waals surface area contributed by atoms with Crippen LogP contribution in [0, 0.1) is 0 Å². The van der Waals surface area contributed by atoms with E-state index in [4.69, 9.17) is 9.47 Å². The highest BCUT2D eigenvalue weighted by Crippen LogP contribution is 2.13. The van der Waals surface area contributed by atoms with Crippen LogP contribution < -0.4 is 4.74 Å². The van der Waals surface area contributed by atoms with Gasteiger partial charge in [0, 0.05) is 14.0 Å². The Morgan fingerprint density at radius 1 is 1.06 bits per heavy atom. The molecule has 0 bridgehead atoms. The van der Waals surface area contributed by atoms with E-state index in [1.54, 1.807) is 26.5 Å². The number of aliphatic imine (C=N–C) groups is 3. The largest absolute Gasteiger partial charge is 0.497 e. The minimum atomic E-state index is -2.74. The molecule has 0 aliphatic rings. The molecule has 0 aromatic heterocycles. The van der Waals surface area contributed by atoms with E-state index >= 15 is 0 Å². The second kappa shape index (κ2) is 18.3. The molecule has 1 aromatic carbocycles. The Kier molecular flexibility index (Phi) is 17.9. The molecule has 0 radical (unpaired) electrons. The fraction of sp³-hybridized carbons (Fsp3) is 0.444. The van der Waals surface area contributed by atoms with Crippen molar-refractivity contribution in [1.82, 2.24) is 0 Å². The average molecular weight is 478 g/mol. The first kappa shape index (κ1) is 33.1. The fourth-order valence-electron chi connectivity index (χ4n) is 2.08. The van der Waals surface area contributed by atoms with Gasteiger partial charge < -0.3 is 9.47 Å². The second-order valence-electron chi connectivity index (χ2n) is 7.20. The van der Waals surface area contributed by atoms with E-state index in [-0.39, 0.29) is 5.71 Å². The van der Waals surface area contributed by atoms with Gasteiger partial charge >= 0.3 is 0 Å². The summed E-state index contributed by atoms with van der Waals surface area (Å²) < 4.78 is 34.0. The predicted octanol–water partition coefficient (Wildman–Crippen LogP) is 7.50. The van der Waals surface area contributed by atoms with E-state index in [0.717, 1.165) is 36.1 Å². The fourth-order valence-corrected chi connectivity index (χ4v) is 2.08. The lowest BCUT2D eigenvalue weighted by Crippen LogP contribution is -2.20. The summed E-state index contributed by atoms with van der Waals surface area (Å²) in [7, 11) is 4.62. The van der Waals surface area contributed by atoms with Crippen molar-refractivity contribution in [3.63, 3.8) is 0 Å². The number of hydrogen-bond donors (Lipinski definition) is 0. The first-order valence-corrected chi connectivity index (χ1v) is 11.0. The third-order valence-electron chi connectivity index (χ3n) is 4.38. The SMILES string of the molecule is C=C(C)C(=C/C)/N=C(C)\C=N/C(=C\C)OC.CCc1ccc(OC)cc1.CN=C(C)C(C)(F)F. The topological polar surface area (TPSA) is 55.5 Å². The summed E-state index contributed by atoms with van der Waals surface area (Å²) in [5.41, 5.74) is 3.85. The summed E-state index contributed by atoms with van der Waals surface area (Å²) in [6, 6.07) is 8.13. The molecule has 0 saturated carbocycles. The summed E-state index contributed by atoms with van der Waals surface area (Å²) in [5, 5.41) is 0. The van der Waals surface area contributed by atoms with Crippen molar-refractivity contribution >= 4 is 17.6 Å². The third kappa shape index (κ3) is 15.7. The van der Waals surface area contributed by atoms with Crippen LogP contribution in [0.3, 0.4) is 0 Å². The lowest BCUT2D eigenvalue weighted by molar-refractivity contribution is 0.0997. The van der Waals surface area contributed by atoms with Crippen molar-refractivity contribution in [2.24, 2.45) is 15.0 Å². The molecular weight excluding hydrogens is 436 g/mol. The molecule has 1 aromatic rings. The number of rotatable bonds is 8. The lowest BCUT2D eigenvalue weighted by Gasteiger charge is -2.06. The van der Waals surface area contributed by atoms with Crippen molar-refractivity contribution in [3.05, 3.63) is 65.7 Å². The zero-order chi connectivity index (χ0) is 26.7. The Hall–Kier alpha value is -3.09. The number of methoxy groups -OCH3 is 2. The summed E-state index contributed by atoms with van der Waals surface area (Å²) >= 11 is 0. The Morgan fingerprint density at radius 3 is 1.91 bits per heavy atom. The van der Waals surface area contributed by atoms with Gasteiger partial charge in [-0.2, -0.15) is 0 Å². The summed E-state index contributed by atoms with van der Waals surface area (Å²) in [6.07, 6.45) is 6.47. The van der Waals surface area contributed by atoms with Gasteiger partial charge in [-0.25, -0.2) is 13.8 Å². The van der Waals surface area contributed by atoms with E-state index in [2.05, 4.69) is 40.6 Å². The Labute approximate surface area is 204 Å². The molecule has 0 N–H and O–H groups in total. The number of allylic oxidation sites excluding steroid dienone is 3. The number of benzene rings is 1. The van der Waals surface area contributed by atoms with Crippen molar-refractivity contribution in [2.75, 3.05) is 21.3 Å². The van der Waals surface area contributed by atoms with Crippen LogP contribution in [0.1, 0.15) is 54.0 Å². The van der Waals surface area contributed by atoms with Crippen molar-refractivity contribution in [2.45, 2.75) is 60.8 Å². The highest BCUT2D eigenvalue weighted by atomic mass is 19.3. The highest BCUT2D eigenvalue weighted by molar-refractivity contribution is 6.30. The molecule has 0 amide bonds. The molecule has 7 heteroatoms. The van der Waals surface area contributed by atoms with Crippen molar-refractivity contribution < 1.29 is 18.3 Å². The summed E-state index contributed by atoms with van der Waals surface area (Å²) in [6.45, 7) is 15.7. The van der Waals surface area contributed by atoms with Crippen LogP contribution in [-0.2, 0) is 11.2 Å². The lowest BCUT2D eigenvalue weighted by atomic mass is 10.2. The van der Waals surface area contributed by atoms with E-state index in [0.29, 0.717) is 5.88 Å². The third-order valence-corrected chi connectivity index (χ3v) is 4.38. The number of hydrogen-bond acceptors (Lipinski definition) is 5. The van der Waals surface area contributed by atoms with Crippen molar-refractivity contribution in [1.29, 1.82) is 0 Å². The van der Waals surface area contributed by atoms with Crippen LogP contribution >= 0.6 is 0 Å². The number of ether oxygens (including phenoxy) is 2. The molecule has 0 aliphatic heterocycles. The first-order valence-electron chi connectivity index (χ1n) is 11.0. The number of aryl methyl sites for hydroxylation is 1. The molecule has 5 nitrogen and oxygen atoms in total. The summed E-state index contributed by atoms with van der Waals surface area (Å²) in [5.74, 6) is -1.24. The molecule has 34 heavy (non-hydrogen) atoms. The second-order valence-corrected chi connectivity index (χ2v) is 7.20. The molecular formula is C27H41F2N3O2. The van der Waals surface area contributed by atoms with E-state index in [1.807, 2.05) is 45.9 Å². The standard InChI is InChI=1S/C13H20N2O.C9H12O.C5H9F2N/c1-7-12(10(3)4)15-11(5)9-14-13(8-2)16-6;1-3-8-4-6-9(10-2)7-5-8;1-4(8-3)5(2,6)7/h7-9H,3H2,1-2,4-6H3;4-7H,3H2,1-2H3;1-3H3/b12-7-,13-8+,14-9-,15-11-;;. The molecule has 190 valence electrons. The predicted molar refractivity (Wildman–Crippen MR) is 143 cm³/mol. The molecule has 0 fully saturated rings. The van der Waals surface area contributed by atoms with Crippen LogP contribution in [-0.4, -0.2) is 44.8 Å². The van der Waals surface area contributed by atoms with Crippen LogP contribution in [0.25, 0.3) is 0 Å². The van der Waals surface area contributed by atoms with Crippen molar-refractivity contribution in [3.8, 4) is 5.75 Å². The van der Waals surface area contributed by atoms with Gasteiger partial charge in [-0.15, -0.1) is 0 Å². The average Bonchev–Trinajstić information content (AvgIpc) is 2.82. The van der Waals surface area contributed by atoms with E-state index in [9.17, 15) is 8.78 Å². The molecule has 0 spiro atoms. The highest BCUT2D eigenvalue weighted by Gasteiger charge is 2.24. The minimum absolute atomic E-state index is 0.127. The molecule has 0 heterocycles. The monoisotopic (exact) mass is 477 g/mol. The normalized spacial score (nSPS) is 12.9. The van der Waals surface area contributed by atoms with Gasteiger partial charge in [-0.05, 0) is 70.4 Å². The Morgan fingerprint density at radius 2 is 1.62 bits per heavy atom. The number of halogens is 2. The zero-order valence-electron chi connectivity index (χ0n) is 22.4. The molecule has 0 aliphatic carbocycles. The van der Waals surface area contributed by atoms with Crippen LogP contribution in [0.4, 0.5) is 8.78 Å². The molecule has 0 unspecified atom stereocenters. The van der Waals surface area contributed by atoms with E-state index in [1.165, 1.54) is 19.5 Å². The Balaban J connectivity index is 0. The van der Waals surface area contributed by atoms with Gasteiger partial charge in [-0.3, -0.25) is 9.98 Å². The minimum Gasteiger partial charge on any atom is -0.497 e. The van der Waals surface area contributed by atoms with Gasteiger partial charge in [0.1, 0.15) is 5.75 Å². The number of alkyl halides is 2. The summed E-state index contributed by atoms with van der Waals surface area (Å²) in [4.78, 5) is 11.8. The Bertz CT molecular complexity index is 853. The van der Waals surface area contributed by atoms with Crippen LogP contribution in [0.5, 0.6) is 5.75 Å². The van der Waals surface area contributed by atoms with Gasteiger partial charge in [0.2, 0.25) is 5.88 Å². The van der Waals surface area contributed by atoms with Gasteiger partial charge in [0.25, 0.3) is 5.92 Å². The molecule has 1 rings (SSSR count). The number of nitrogens with zero attached hydrogens (tertiary/aromatic N) is 3. The molecule has 0 saturated heterocycles. The van der Waals surface area contributed by atoms with Gasteiger partial charge in [-0.1, -0.05) is 31.7 Å². The van der Waals surface area contributed by atoms with E-state index < -0.39 is 5.92 Å². The zero-order valence-corrected chi connectivity index (χ0v) is 22.4. The first-order chi connectivity index (χ1) is 15.9. The maximum atomic E-state index is 12.0. The quantitative estimate of drug-likeness (QED) is 0.221. The van der Waals surface area contributed by atoms with Crippen LogP contribution in [0.2, 0.25) is 0 Å². The maximum absolute atomic E-state index is 12.0. The molecule has 0 atom stereocenters. The van der Waals surface area contributed by atoms with Crippen LogP contribution in [0.15, 0.2) is 75.1 Å². The smallest absolute Gasteiger partial charge is 0.282 e. The van der Waals surface area contributed by atoms with Gasteiger partial charge in [0.05, 0.1) is 37.6 Å². The maximum Gasteiger partial charge on any atom is 0.282 e.